The molecule has 2 saturated carbocycles. The maximum Gasteiger partial charge on any atom is 0.175 e. The summed E-state index contributed by atoms with van der Waals surface area (Å²) in [4.78, 5) is 11.0. The summed E-state index contributed by atoms with van der Waals surface area (Å²) in [6.07, 6.45) is 6.29. The Morgan fingerprint density at radius 2 is 2.14 bits per heavy atom. The molecule has 3 nitrogen and oxygen atoms in total. The maximum absolute atomic E-state index is 11.0. The maximum atomic E-state index is 11.0. The van der Waals surface area contributed by atoms with E-state index in [4.69, 9.17) is 9.47 Å². The number of benzene rings is 1. The molecule has 0 heterocycles. The first-order valence-electron chi connectivity index (χ1n) is 7.75. The molecule has 2 aliphatic rings. The summed E-state index contributed by atoms with van der Waals surface area (Å²) < 4.78 is 12.5. The van der Waals surface area contributed by atoms with Crippen LogP contribution in [-0.2, 0) is 0 Å². The van der Waals surface area contributed by atoms with E-state index >= 15 is 0 Å². The lowest BCUT2D eigenvalue weighted by molar-refractivity contribution is 0.112. The van der Waals surface area contributed by atoms with Crippen molar-refractivity contribution in [1.29, 1.82) is 0 Å². The molecule has 2 aliphatic carbocycles. The van der Waals surface area contributed by atoms with E-state index in [-0.39, 0.29) is 0 Å². The van der Waals surface area contributed by atoms with E-state index in [1.165, 1.54) is 25.7 Å². The number of ether oxygens (including phenoxy) is 2. The molecule has 0 aromatic heterocycles. The van der Waals surface area contributed by atoms with Crippen LogP contribution in [-0.4, -0.2) is 19.5 Å². The number of rotatable bonds is 6. The van der Waals surface area contributed by atoms with Gasteiger partial charge in [-0.2, -0.15) is 0 Å². The summed E-state index contributed by atoms with van der Waals surface area (Å²) in [5.74, 6) is 3.83. The minimum atomic E-state index is 0.555. The molecular weight excluding hydrogens is 332 g/mol. The van der Waals surface area contributed by atoms with Gasteiger partial charge in [-0.15, -0.1) is 0 Å². The van der Waals surface area contributed by atoms with Gasteiger partial charge in [-0.3, -0.25) is 4.79 Å². The standard InChI is InChI=1S/C17H21BrO3/c1-2-20-16-8-12(9-19)7-15(18)17(16)21-10-14-6-11-3-4-13(14)5-11/h7-9,11,13-14H,2-6,10H2,1H3. The zero-order valence-corrected chi connectivity index (χ0v) is 13.9. The molecule has 0 aliphatic heterocycles. The highest BCUT2D eigenvalue weighted by atomic mass is 79.9. The number of fused-ring (bicyclic) bond motifs is 2. The van der Waals surface area contributed by atoms with Crippen LogP contribution in [0.15, 0.2) is 16.6 Å². The summed E-state index contributed by atoms with van der Waals surface area (Å²) in [5.41, 5.74) is 0.595. The molecule has 21 heavy (non-hydrogen) atoms. The Kier molecular flexibility index (Phi) is 4.53. The lowest BCUT2D eigenvalue weighted by atomic mass is 9.89. The molecule has 0 spiro atoms. The van der Waals surface area contributed by atoms with Crippen LogP contribution in [0.25, 0.3) is 0 Å². The summed E-state index contributed by atoms with van der Waals surface area (Å²) in [5, 5.41) is 0. The van der Waals surface area contributed by atoms with E-state index in [2.05, 4.69) is 15.9 Å². The Bertz CT molecular complexity index is 529. The molecule has 0 amide bonds. The molecule has 3 unspecified atom stereocenters. The van der Waals surface area contributed by atoms with Crippen molar-refractivity contribution < 1.29 is 14.3 Å². The Morgan fingerprint density at radius 3 is 2.76 bits per heavy atom. The van der Waals surface area contributed by atoms with Gasteiger partial charge in [0.1, 0.15) is 6.29 Å². The topological polar surface area (TPSA) is 35.5 Å². The quantitative estimate of drug-likeness (QED) is 0.708. The molecule has 0 N–H and O–H groups in total. The predicted octanol–water partition coefficient (Wildman–Crippen LogP) is 4.48. The average Bonchev–Trinajstić information content (AvgIpc) is 3.09. The molecule has 1 aromatic rings. The van der Waals surface area contributed by atoms with Crippen LogP contribution in [0.1, 0.15) is 43.0 Å². The monoisotopic (exact) mass is 352 g/mol. The lowest BCUT2D eigenvalue weighted by Gasteiger charge is -2.23. The van der Waals surface area contributed by atoms with Gasteiger partial charge in [0.15, 0.2) is 11.5 Å². The van der Waals surface area contributed by atoms with Crippen LogP contribution < -0.4 is 9.47 Å². The fourth-order valence-electron chi connectivity index (χ4n) is 3.83. The minimum Gasteiger partial charge on any atom is -0.490 e. The van der Waals surface area contributed by atoms with Gasteiger partial charge in [-0.05, 0) is 72.0 Å². The lowest BCUT2D eigenvalue weighted by Crippen LogP contribution is -2.19. The van der Waals surface area contributed by atoms with Crippen LogP contribution in [0.5, 0.6) is 11.5 Å². The van der Waals surface area contributed by atoms with Crippen LogP contribution in [0.2, 0.25) is 0 Å². The number of halogens is 1. The minimum absolute atomic E-state index is 0.555. The third-order valence-corrected chi connectivity index (χ3v) is 5.38. The van der Waals surface area contributed by atoms with Crippen molar-refractivity contribution in [3.05, 3.63) is 22.2 Å². The van der Waals surface area contributed by atoms with E-state index in [0.29, 0.717) is 23.8 Å². The molecular formula is C17H21BrO3. The van der Waals surface area contributed by atoms with Gasteiger partial charge in [0, 0.05) is 5.56 Å². The Morgan fingerprint density at radius 1 is 1.29 bits per heavy atom. The van der Waals surface area contributed by atoms with Crippen LogP contribution >= 0.6 is 15.9 Å². The summed E-state index contributed by atoms with van der Waals surface area (Å²) in [6.45, 7) is 3.24. The fourth-order valence-corrected chi connectivity index (χ4v) is 4.40. The SMILES string of the molecule is CCOc1cc(C=O)cc(Br)c1OCC1CC2CCC1C2. The Hall–Kier alpha value is -1.03. The number of carbonyl (C=O) groups excluding carboxylic acids is 1. The van der Waals surface area contributed by atoms with E-state index in [1.807, 2.05) is 6.92 Å². The van der Waals surface area contributed by atoms with Gasteiger partial charge < -0.3 is 9.47 Å². The largest absolute Gasteiger partial charge is 0.490 e. The van der Waals surface area contributed by atoms with Gasteiger partial charge >= 0.3 is 0 Å². The van der Waals surface area contributed by atoms with Gasteiger partial charge in [0.2, 0.25) is 0 Å². The van der Waals surface area contributed by atoms with Gasteiger partial charge in [-0.25, -0.2) is 0 Å². The first-order valence-corrected chi connectivity index (χ1v) is 8.54. The van der Waals surface area contributed by atoms with E-state index in [9.17, 15) is 4.79 Å². The van der Waals surface area contributed by atoms with Gasteiger partial charge in [0.25, 0.3) is 0 Å². The van der Waals surface area contributed by atoms with Crippen molar-refractivity contribution >= 4 is 22.2 Å². The number of aldehydes is 1. The molecule has 2 fully saturated rings. The first-order chi connectivity index (χ1) is 10.2. The van der Waals surface area contributed by atoms with Crippen molar-refractivity contribution in [3.63, 3.8) is 0 Å². The van der Waals surface area contributed by atoms with Crippen LogP contribution in [0, 0.1) is 17.8 Å². The molecule has 3 rings (SSSR count). The normalized spacial score (nSPS) is 26.9. The molecule has 4 heteroatoms. The predicted molar refractivity (Wildman–Crippen MR) is 85.1 cm³/mol. The summed E-state index contributed by atoms with van der Waals surface area (Å²) in [7, 11) is 0. The zero-order valence-electron chi connectivity index (χ0n) is 12.3. The summed E-state index contributed by atoms with van der Waals surface area (Å²) >= 11 is 3.50. The summed E-state index contributed by atoms with van der Waals surface area (Å²) in [6, 6.07) is 3.53. The third kappa shape index (κ3) is 3.10. The van der Waals surface area contributed by atoms with Gasteiger partial charge in [0.05, 0.1) is 17.7 Å². The van der Waals surface area contributed by atoms with Gasteiger partial charge in [-0.1, -0.05) is 6.42 Å². The Labute approximate surface area is 134 Å². The second-order valence-corrected chi connectivity index (χ2v) is 6.98. The van der Waals surface area contributed by atoms with Crippen molar-refractivity contribution in [2.45, 2.75) is 32.6 Å². The molecule has 2 bridgehead atoms. The number of carbonyl (C=O) groups is 1. The Balaban J connectivity index is 1.73. The molecule has 0 radical (unpaired) electrons. The molecule has 3 atom stereocenters. The number of hydrogen-bond acceptors (Lipinski definition) is 3. The molecule has 114 valence electrons. The second kappa shape index (κ2) is 6.39. The van der Waals surface area contributed by atoms with Crippen molar-refractivity contribution in [3.8, 4) is 11.5 Å². The fraction of sp³-hybridized carbons (Fsp3) is 0.588. The van der Waals surface area contributed by atoms with Crippen molar-refractivity contribution in [2.75, 3.05) is 13.2 Å². The first kappa shape index (κ1) is 14.9. The second-order valence-electron chi connectivity index (χ2n) is 6.13. The highest BCUT2D eigenvalue weighted by Crippen LogP contribution is 2.48. The van der Waals surface area contributed by atoms with E-state index in [0.717, 1.165) is 35.0 Å². The smallest absolute Gasteiger partial charge is 0.175 e. The molecule has 0 saturated heterocycles. The highest BCUT2D eigenvalue weighted by Gasteiger charge is 2.39. The highest BCUT2D eigenvalue weighted by molar-refractivity contribution is 9.10. The zero-order chi connectivity index (χ0) is 14.8. The van der Waals surface area contributed by atoms with Crippen LogP contribution in [0.4, 0.5) is 0 Å². The average molecular weight is 353 g/mol. The molecule has 1 aromatic carbocycles. The van der Waals surface area contributed by atoms with Crippen LogP contribution in [0.3, 0.4) is 0 Å². The van der Waals surface area contributed by atoms with Crippen molar-refractivity contribution in [1.82, 2.24) is 0 Å². The van der Waals surface area contributed by atoms with E-state index in [1.54, 1.807) is 12.1 Å². The number of hydrogen-bond donors (Lipinski definition) is 0. The third-order valence-electron chi connectivity index (χ3n) is 4.79. The van der Waals surface area contributed by atoms with E-state index < -0.39 is 0 Å². The van der Waals surface area contributed by atoms with Crippen molar-refractivity contribution in [2.24, 2.45) is 17.8 Å².